The first-order valence-electron chi connectivity index (χ1n) is 6.89. The fourth-order valence-electron chi connectivity index (χ4n) is 2.62. The summed E-state index contributed by atoms with van der Waals surface area (Å²) in [5.41, 5.74) is 1.49. The van der Waals surface area contributed by atoms with Crippen LogP contribution in [0.4, 0.5) is 0 Å². The zero-order chi connectivity index (χ0) is 13.5. The van der Waals surface area contributed by atoms with Crippen molar-refractivity contribution in [3.63, 3.8) is 0 Å². The SMILES string of the molecule is CC(C)(C)C1CN(Cc2cn3ccsc3n2)CCN1. The first-order chi connectivity index (χ1) is 9.02. The van der Waals surface area contributed by atoms with E-state index in [9.17, 15) is 0 Å². The Morgan fingerprint density at radius 1 is 1.47 bits per heavy atom. The van der Waals surface area contributed by atoms with E-state index in [0.29, 0.717) is 11.5 Å². The lowest BCUT2D eigenvalue weighted by Gasteiger charge is -2.40. The highest BCUT2D eigenvalue weighted by molar-refractivity contribution is 7.15. The van der Waals surface area contributed by atoms with Gasteiger partial charge in [0.15, 0.2) is 4.96 Å². The molecule has 0 bridgehead atoms. The van der Waals surface area contributed by atoms with Crippen LogP contribution in [0.2, 0.25) is 0 Å². The van der Waals surface area contributed by atoms with Gasteiger partial charge < -0.3 is 5.32 Å². The number of nitrogens with zero attached hydrogens (tertiary/aromatic N) is 3. The fourth-order valence-corrected chi connectivity index (χ4v) is 3.33. The average Bonchev–Trinajstić information content (AvgIpc) is 2.88. The van der Waals surface area contributed by atoms with E-state index in [0.717, 1.165) is 31.1 Å². The summed E-state index contributed by atoms with van der Waals surface area (Å²) in [6.07, 6.45) is 4.23. The van der Waals surface area contributed by atoms with Gasteiger partial charge in [0, 0.05) is 50.0 Å². The van der Waals surface area contributed by atoms with Crippen molar-refractivity contribution < 1.29 is 0 Å². The Hall–Kier alpha value is -0.910. The van der Waals surface area contributed by atoms with E-state index in [1.165, 1.54) is 5.69 Å². The van der Waals surface area contributed by atoms with E-state index >= 15 is 0 Å². The summed E-state index contributed by atoms with van der Waals surface area (Å²) in [5, 5.41) is 5.71. The lowest BCUT2D eigenvalue weighted by molar-refractivity contribution is 0.128. The van der Waals surface area contributed by atoms with Crippen molar-refractivity contribution in [1.29, 1.82) is 0 Å². The van der Waals surface area contributed by atoms with Crippen molar-refractivity contribution in [2.45, 2.75) is 33.4 Å². The summed E-state index contributed by atoms with van der Waals surface area (Å²) in [6.45, 7) is 11.2. The van der Waals surface area contributed by atoms with Gasteiger partial charge >= 0.3 is 0 Å². The monoisotopic (exact) mass is 278 g/mol. The third-order valence-corrected chi connectivity index (χ3v) is 4.60. The van der Waals surface area contributed by atoms with Crippen LogP contribution < -0.4 is 5.32 Å². The van der Waals surface area contributed by atoms with Crippen LogP contribution in [0.25, 0.3) is 4.96 Å². The lowest BCUT2D eigenvalue weighted by Crippen LogP contribution is -2.55. The molecule has 1 unspecified atom stereocenters. The molecule has 2 aromatic rings. The highest BCUT2D eigenvalue weighted by atomic mass is 32.1. The first-order valence-corrected chi connectivity index (χ1v) is 7.77. The van der Waals surface area contributed by atoms with Gasteiger partial charge in [0.2, 0.25) is 0 Å². The Balaban J connectivity index is 1.67. The van der Waals surface area contributed by atoms with Crippen LogP contribution in [0.1, 0.15) is 26.5 Å². The Morgan fingerprint density at radius 2 is 2.32 bits per heavy atom. The van der Waals surface area contributed by atoms with Gasteiger partial charge in [-0.1, -0.05) is 20.8 Å². The standard InChI is InChI=1S/C14H22N4S/c1-14(2,3)12-10-17(5-4-15-12)8-11-9-18-6-7-19-13(18)16-11/h6-7,9,12,15H,4-5,8,10H2,1-3H3. The molecule has 0 saturated carbocycles. The van der Waals surface area contributed by atoms with Gasteiger partial charge in [0.05, 0.1) is 5.69 Å². The highest BCUT2D eigenvalue weighted by Gasteiger charge is 2.29. The molecule has 4 nitrogen and oxygen atoms in total. The number of fused-ring (bicyclic) bond motifs is 1. The molecule has 19 heavy (non-hydrogen) atoms. The van der Waals surface area contributed by atoms with Gasteiger partial charge in [-0.2, -0.15) is 0 Å². The van der Waals surface area contributed by atoms with Gasteiger partial charge in [-0.25, -0.2) is 4.98 Å². The number of piperazine rings is 1. The number of hydrogen-bond donors (Lipinski definition) is 1. The molecule has 1 atom stereocenters. The predicted molar refractivity (Wildman–Crippen MR) is 79.6 cm³/mol. The van der Waals surface area contributed by atoms with Crippen molar-refractivity contribution in [1.82, 2.24) is 19.6 Å². The van der Waals surface area contributed by atoms with Crippen LogP contribution in [0.3, 0.4) is 0 Å². The molecule has 0 spiro atoms. The second-order valence-corrected chi connectivity index (χ2v) is 7.31. The number of nitrogens with one attached hydrogen (secondary N) is 1. The molecular weight excluding hydrogens is 256 g/mol. The van der Waals surface area contributed by atoms with Gasteiger partial charge in [0.1, 0.15) is 0 Å². The van der Waals surface area contributed by atoms with Crippen molar-refractivity contribution in [3.05, 3.63) is 23.5 Å². The quantitative estimate of drug-likeness (QED) is 0.914. The van der Waals surface area contributed by atoms with Crippen LogP contribution in [-0.2, 0) is 6.54 Å². The Bertz CT molecular complexity index is 523. The second kappa shape index (κ2) is 4.89. The fraction of sp³-hybridized carbons (Fsp3) is 0.643. The van der Waals surface area contributed by atoms with Crippen molar-refractivity contribution in [2.24, 2.45) is 5.41 Å². The maximum absolute atomic E-state index is 4.67. The molecule has 104 valence electrons. The van der Waals surface area contributed by atoms with E-state index in [-0.39, 0.29) is 0 Å². The van der Waals surface area contributed by atoms with Crippen molar-refractivity contribution in [3.8, 4) is 0 Å². The van der Waals surface area contributed by atoms with Crippen LogP contribution in [-0.4, -0.2) is 40.0 Å². The minimum atomic E-state index is 0.313. The van der Waals surface area contributed by atoms with Crippen molar-refractivity contribution >= 4 is 16.3 Å². The molecule has 1 aliphatic heterocycles. The molecule has 1 saturated heterocycles. The molecule has 5 heteroatoms. The maximum atomic E-state index is 4.67. The summed E-state index contributed by atoms with van der Waals surface area (Å²) in [6, 6.07) is 0.560. The molecular formula is C14H22N4S. The molecule has 3 rings (SSSR count). The molecule has 1 fully saturated rings. The zero-order valence-corrected chi connectivity index (χ0v) is 12.7. The number of imidazole rings is 1. The Labute approximate surface area is 118 Å². The second-order valence-electron chi connectivity index (χ2n) is 6.43. The normalized spacial score (nSPS) is 22.2. The van der Waals surface area contributed by atoms with Crippen molar-refractivity contribution in [2.75, 3.05) is 19.6 Å². The smallest absolute Gasteiger partial charge is 0.193 e. The van der Waals surface area contributed by atoms with Gasteiger partial charge in [0.25, 0.3) is 0 Å². The molecule has 0 radical (unpaired) electrons. The van der Waals surface area contributed by atoms with Gasteiger partial charge in [-0.05, 0) is 5.41 Å². The minimum Gasteiger partial charge on any atom is -0.311 e. The van der Waals surface area contributed by atoms with E-state index in [1.54, 1.807) is 11.3 Å². The molecule has 0 amide bonds. The molecule has 0 aromatic carbocycles. The predicted octanol–water partition coefficient (Wildman–Crippen LogP) is 2.22. The van der Waals surface area contributed by atoms with Crippen LogP contribution in [0, 0.1) is 5.41 Å². The van der Waals surface area contributed by atoms with Gasteiger partial charge in [-0.3, -0.25) is 9.30 Å². The van der Waals surface area contributed by atoms with E-state index in [4.69, 9.17) is 0 Å². The molecule has 1 aliphatic rings. The number of rotatable bonds is 2. The lowest BCUT2D eigenvalue weighted by atomic mass is 9.85. The van der Waals surface area contributed by atoms with Crippen LogP contribution >= 0.6 is 11.3 Å². The number of aromatic nitrogens is 2. The van der Waals surface area contributed by atoms with Crippen LogP contribution in [0.5, 0.6) is 0 Å². The molecule has 1 N–H and O–H groups in total. The molecule has 2 aromatic heterocycles. The number of thiazole rings is 1. The summed E-state index contributed by atoms with van der Waals surface area (Å²) >= 11 is 1.70. The van der Waals surface area contributed by atoms with Crippen LogP contribution in [0.15, 0.2) is 17.8 Å². The summed E-state index contributed by atoms with van der Waals surface area (Å²) in [4.78, 5) is 8.28. The third kappa shape index (κ3) is 2.83. The third-order valence-electron chi connectivity index (χ3n) is 3.83. The van der Waals surface area contributed by atoms with Gasteiger partial charge in [-0.15, -0.1) is 11.3 Å². The minimum absolute atomic E-state index is 0.313. The van der Waals surface area contributed by atoms with E-state index in [1.807, 2.05) is 0 Å². The van der Waals surface area contributed by atoms with E-state index < -0.39 is 0 Å². The first kappa shape index (κ1) is 13.1. The maximum Gasteiger partial charge on any atom is 0.193 e. The molecule has 0 aliphatic carbocycles. The summed E-state index contributed by atoms with van der Waals surface area (Å²) in [7, 11) is 0. The highest BCUT2D eigenvalue weighted by Crippen LogP contribution is 2.22. The molecule has 3 heterocycles. The zero-order valence-electron chi connectivity index (χ0n) is 11.9. The largest absolute Gasteiger partial charge is 0.311 e. The number of hydrogen-bond acceptors (Lipinski definition) is 4. The average molecular weight is 278 g/mol. The topological polar surface area (TPSA) is 32.6 Å². The summed E-state index contributed by atoms with van der Waals surface area (Å²) in [5.74, 6) is 0. The summed E-state index contributed by atoms with van der Waals surface area (Å²) < 4.78 is 2.11. The Morgan fingerprint density at radius 3 is 3.05 bits per heavy atom. The van der Waals surface area contributed by atoms with E-state index in [2.05, 4.69) is 58.1 Å². The Kier molecular flexibility index (Phi) is 3.37.